The maximum absolute atomic E-state index is 12.3. The highest BCUT2D eigenvalue weighted by Crippen LogP contribution is 2.42. The van der Waals surface area contributed by atoms with Gasteiger partial charge < -0.3 is 9.84 Å². The van der Waals surface area contributed by atoms with E-state index in [0.29, 0.717) is 12.3 Å². The second-order valence-electron chi connectivity index (χ2n) is 5.78. The van der Waals surface area contributed by atoms with Gasteiger partial charge >= 0.3 is 12.1 Å². The van der Waals surface area contributed by atoms with Gasteiger partial charge in [-0.25, -0.2) is 9.59 Å². The lowest BCUT2D eigenvalue weighted by Crippen LogP contribution is -2.45. The molecule has 1 saturated heterocycles. The largest absolute Gasteiger partial charge is 0.480 e. The summed E-state index contributed by atoms with van der Waals surface area (Å²) >= 11 is 0. The number of rotatable bonds is 4. The zero-order chi connectivity index (χ0) is 14.8. The van der Waals surface area contributed by atoms with Crippen LogP contribution in [0.2, 0.25) is 0 Å². The number of carboxylic acids is 1. The summed E-state index contributed by atoms with van der Waals surface area (Å²) < 4.78 is 5.32. The van der Waals surface area contributed by atoms with Gasteiger partial charge in [-0.1, -0.05) is 30.3 Å². The lowest BCUT2D eigenvalue weighted by molar-refractivity contribution is -0.142. The number of benzene rings is 1. The highest BCUT2D eigenvalue weighted by atomic mass is 16.6. The summed E-state index contributed by atoms with van der Waals surface area (Å²) in [6.07, 6.45) is 2.96. The van der Waals surface area contributed by atoms with Gasteiger partial charge in [-0.15, -0.1) is 0 Å². The Kier molecular flexibility index (Phi) is 3.82. The molecule has 1 N–H and O–H groups in total. The second-order valence-corrected chi connectivity index (χ2v) is 5.78. The third kappa shape index (κ3) is 3.01. The summed E-state index contributed by atoms with van der Waals surface area (Å²) in [6.45, 7) is 0.180. The molecular weight excluding hydrogens is 270 g/mol. The average molecular weight is 289 g/mol. The maximum Gasteiger partial charge on any atom is 0.411 e. The van der Waals surface area contributed by atoms with Gasteiger partial charge in [-0.2, -0.15) is 0 Å². The number of amides is 1. The van der Waals surface area contributed by atoms with Crippen LogP contribution in [-0.4, -0.2) is 34.2 Å². The van der Waals surface area contributed by atoms with E-state index in [9.17, 15) is 14.7 Å². The van der Waals surface area contributed by atoms with Crippen molar-refractivity contribution in [3.05, 3.63) is 35.9 Å². The van der Waals surface area contributed by atoms with Crippen LogP contribution in [0.15, 0.2) is 30.3 Å². The zero-order valence-electron chi connectivity index (χ0n) is 11.8. The van der Waals surface area contributed by atoms with Crippen LogP contribution in [0.25, 0.3) is 0 Å². The van der Waals surface area contributed by atoms with Gasteiger partial charge in [0.2, 0.25) is 0 Å². The first kappa shape index (κ1) is 13.9. The topological polar surface area (TPSA) is 66.8 Å². The van der Waals surface area contributed by atoms with Crippen molar-refractivity contribution in [3.8, 4) is 0 Å². The van der Waals surface area contributed by atoms with Crippen LogP contribution in [0.1, 0.15) is 31.2 Å². The van der Waals surface area contributed by atoms with E-state index in [0.717, 1.165) is 24.8 Å². The first-order chi connectivity index (χ1) is 10.2. The minimum absolute atomic E-state index is 0.0365. The third-order valence-electron chi connectivity index (χ3n) is 4.30. The predicted molar refractivity (Wildman–Crippen MR) is 75.6 cm³/mol. The zero-order valence-corrected chi connectivity index (χ0v) is 11.8. The molecule has 21 heavy (non-hydrogen) atoms. The molecule has 0 aromatic heterocycles. The van der Waals surface area contributed by atoms with Crippen LogP contribution in [0.5, 0.6) is 0 Å². The van der Waals surface area contributed by atoms with E-state index in [1.165, 1.54) is 4.90 Å². The number of likely N-dealkylation sites (tertiary alicyclic amines) is 1. The van der Waals surface area contributed by atoms with Gasteiger partial charge in [0.05, 0.1) is 0 Å². The molecule has 2 aliphatic rings. The Morgan fingerprint density at radius 1 is 1.14 bits per heavy atom. The summed E-state index contributed by atoms with van der Waals surface area (Å²) in [4.78, 5) is 25.1. The summed E-state index contributed by atoms with van der Waals surface area (Å²) in [5, 5.41) is 9.29. The molecular formula is C16H19NO4. The third-order valence-corrected chi connectivity index (χ3v) is 4.30. The lowest BCUT2D eigenvalue weighted by atomic mass is 10.1. The fourth-order valence-electron chi connectivity index (χ4n) is 3.08. The molecule has 1 aliphatic heterocycles. The van der Waals surface area contributed by atoms with Gasteiger partial charge in [0.1, 0.15) is 12.6 Å². The molecule has 1 saturated carbocycles. The number of hydrogen-bond donors (Lipinski definition) is 1. The predicted octanol–water partition coefficient (Wildman–Crippen LogP) is 2.65. The Morgan fingerprint density at radius 2 is 1.86 bits per heavy atom. The van der Waals surface area contributed by atoms with Crippen LogP contribution >= 0.6 is 0 Å². The van der Waals surface area contributed by atoms with Crippen molar-refractivity contribution in [2.24, 2.45) is 5.92 Å². The average Bonchev–Trinajstić information content (AvgIpc) is 3.24. The maximum atomic E-state index is 12.3. The van der Waals surface area contributed by atoms with E-state index >= 15 is 0 Å². The number of carbonyl (C=O) groups is 2. The van der Waals surface area contributed by atoms with E-state index in [1.807, 2.05) is 30.3 Å². The summed E-state index contributed by atoms with van der Waals surface area (Å²) in [5.74, 6) is -0.478. The highest BCUT2D eigenvalue weighted by Gasteiger charge is 2.48. The van der Waals surface area contributed by atoms with E-state index in [2.05, 4.69) is 0 Å². The van der Waals surface area contributed by atoms with Crippen molar-refractivity contribution in [1.82, 2.24) is 4.90 Å². The lowest BCUT2D eigenvalue weighted by Gasteiger charge is -2.27. The number of nitrogens with zero attached hydrogens (tertiary/aromatic N) is 1. The SMILES string of the molecule is O=C(O)C1CCC(C2CC2)N1C(=O)OCc1ccccc1. The second kappa shape index (κ2) is 5.76. The molecule has 1 amide bonds. The fraction of sp³-hybridized carbons (Fsp3) is 0.500. The fourth-order valence-corrected chi connectivity index (χ4v) is 3.08. The highest BCUT2D eigenvalue weighted by molar-refractivity contribution is 5.81. The van der Waals surface area contributed by atoms with E-state index in [1.54, 1.807) is 0 Å². The number of carbonyl (C=O) groups excluding carboxylic acids is 1. The molecule has 5 nitrogen and oxygen atoms in total. The van der Waals surface area contributed by atoms with Crippen molar-refractivity contribution >= 4 is 12.1 Å². The monoisotopic (exact) mass is 289 g/mol. The molecule has 112 valence electrons. The summed E-state index contributed by atoms with van der Waals surface area (Å²) in [5.41, 5.74) is 0.903. The summed E-state index contributed by atoms with van der Waals surface area (Å²) in [7, 11) is 0. The van der Waals surface area contributed by atoms with Crippen molar-refractivity contribution in [1.29, 1.82) is 0 Å². The molecule has 0 spiro atoms. The molecule has 2 unspecified atom stereocenters. The van der Waals surface area contributed by atoms with Gasteiger partial charge in [0.15, 0.2) is 0 Å². The van der Waals surface area contributed by atoms with E-state index < -0.39 is 18.1 Å². The molecule has 0 bridgehead atoms. The van der Waals surface area contributed by atoms with Crippen molar-refractivity contribution in [3.63, 3.8) is 0 Å². The van der Waals surface area contributed by atoms with Gasteiger partial charge in [-0.3, -0.25) is 4.90 Å². The molecule has 5 heteroatoms. The molecule has 1 aromatic rings. The molecule has 1 aromatic carbocycles. The normalized spacial score (nSPS) is 24.9. The Morgan fingerprint density at radius 3 is 2.48 bits per heavy atom. The Hall–Kier alpha value is -2.04. The number of aliphatic carboxylic acids is 1. The molecule has 3 rings (SSSR count). The standard InChI is InChI=1S/C16H19NO4/c18-15(19)14-9-8-13(12-6-7-12)17(14)16(20)21-10-11-4-2-1-3-5-11/h1-5,12-14H,6-10H2,(H,18,19). The van der Waals surface area contributed by atoms with Crippen molar-refractivity contribution in [2.75, 3.05) is 0 Å². The summed E-state index contributed by atoms with van der Waals surface area (Å²) in [6, 6.07) is 8.72. The van der Waals surface area contributed by atoms with Crippen LogP contribution in [0.4, 0.5) is 4.79 Å². The molecule has 1 aliphatic carbocycles. The van der Waals surface area contributed by atoms with Gasteiger partial charge in [-0.05, 0) is 37.2 Å². The number of hydrogen-bond acceptors (Lipinski definition) is 3. The first-order valence-electron chi connectivity index (χ1n) is 7.38. The number of ether oxygens (including phenoxy) is 1. The van der Waals surface area contributed by atoms with E-state index in [4.69, 9.17) is 4.74 Å². The Balaban J connectivity index is 1.66. The van der Waals surface area contributed by atoms with Crippen molar-refractivity contribution < 1.29 is 19.4 Å². The van der Waals surface area contributed by atoms with Crippen LogP contribution in [-0.2, 0) is 16.1 Å². The molecule has 0 radical (unpaired) electrons. The van der Waals surface area contributed by atoms with E-state index in [-0.39, 0.29) is 12.6 Å². The van der Waals surface area contributed by atoms with Crippen LogP contribution in [0, 0.1) is 5.92 Å². The van der Waals surface area contributed by atoms with Crippen LogP contribution in [0.3, 0.4) is 0 Å². The minimum atomic E-state index is -0.935. The van der Waals surface area contributed by atoms with Crippen molar-refractivity contribution in [2.45, 2.75) is 44.4 Å². The molecule has 2 fully saturated rings. The number of carboxylic acid groups (broad SMARTS) is 1. The Labute approximate surface area is 123 Å². The van der Waals surface area contributed by atoms with Gasteiger partial charge in [0, 0.05) is 6.04 Å². The molecule has 1 heterocycles. The Bertz CT molecular complexity index is 526. The van der Waals surface area contributed by atoms with Gasteiger partial charge in [0.25, 0.3) is 0 Å². The smallest absolute Gasteiger partial charge is 0.411 e. The molecule has 2 atom stereocenters. The van der Waals surface area contributed by atoms with Crippen LogP contribution < -0.4 is 0 Å². The minimum Gasteiger partial charge on any atom is -0.480 e. The quantitative estimate of drug-likeness (QED) is 0.925. The first-order valence-corrected chi connectivity index (χ1v) is 7.38.